The largest absolute Gasteiger partial charge is 0.272 e. The first-order chi connectivity index (χ1) is 15.3. The van der Waals surface area contributed by atoms with E-state index in [9.17, 15) is 13.2 Å². The molecular formula is C23H21Br2N3O3S. The van der Waals surface area contributed by atoms with Gasteiger partial charge in [0.1, 0.15) is 0 Å². The summed E-state index contributed by atoms with van der Waals surface area (Å²) in [5.41, 5.74) is 4.90. The van der Waals surface area contributed by atoms with Crippen molar-refractivity contribution in [3.05, 3.63) is 98.4 Å². The number of hydrogen-bond acceptors (Lipinski definition) is 4. The zero-order valence-corrected chi connectivity index (χ0v) is 21.2. The first-order valence-corrected chi connectivity index (χ1v) is 12.7. The van der Waals surface area contributed by atoms with Gasteiger partial charge in [-0.1, -0.05) is 79.9 Å². The molecule has 0 atom stereocenters. The quantitative estimate of drug-likeness (QED) is 0.306. The van der Waals surface area contributed by atoms with Crippen LogP contribution in [0.3, 0.4) is 0 Å². The highest BCUT2D eigenvalue weighted by atomic mass is 79.9. The monoisotopic (exact) mass is 577 g/mol. The van der Waals surface area contributed by atoms with Crippen molar-refractivity contribution in [2.24, 2.45) is 5.10 Å². The van der Waals surface area contributed by atoms with Crippen molar-refractivity contribution < 1.29 is 13.2 Å². The molecule has 0 radical (unpaired) electrons. The van der Waals surface area contributed by atoms with Crippen LogP contribution in [0.1, 0.15) is 16.7 Å². The number of rotatable bonds is 8. The summed E-state index contributed by atoms with van der Waals surface area (Å²) in [4.78, 5) is 12.7. The molecule has 9 heteroatoms. The van der Waals surface area contributed by atoms with E-state index in [1.807, 2.05) is 55.5 Å². The Kier molecular flexibility index (Phi) is 8.36. The number of nitrogens with one attached hydrogen (secondary N) is 1. The molecule has 0 unspecified atom stereocenters. The van der Waals surface area contributed by atoms with Crippen molar-refractivity contribution in [2.75, 3.05) is 6.54 Å². The molecule has 1 N–H and O–H groups in total. The number of hydrazone groups is 1. The van der Waals surface area contributed by atoms with Gasteiger partial charge in [-0.2, -0.15) is 9.41 Å². The maximum Gasteiger partial charge on any atom is 0.255 e. The van der Waals surface area contributed by atoms with Gasteiger partial charge in [-0.05, 0) is 42.8 Å². The molecule has 3 rings (SSSR count). The number of carbonyl (C=O) groups excluding carboxylic acids is 1. The third kappa shape index (κ3) is 6.59. The second kappa shape index (κ2) is 11.0. The number of benzene rings is 3. The van der Waals surface area contributed by atoms with Crippen LogP contribution in [-0.4, -0.2) is 31.4 Å². The molecule has 0 saturated heterocycles. The van der Waals surface area contributed by atoms with E-state index in [1.54, 1.807) is 24.3 Å². The topological polar surface area (TPSA) is 78.8 Å². The molecule has 166 valence electrons. The number of nitrogens with zero attached hydrogens (tertiary/aromatic N) is 2. The number of amides is 1. The molecule has 0 fully saturated rings. The lowest BCUT2D eigenvalue weighted by Crippen LogP contribution is -2.39. The van der Waals surface area contributed by atoms with Gasteiger partial charge in [0.2, 0.25) is 10.0 Å². The fraction of sp³-hybridized carbons (Fsp3) is 0.130. The van der Waals surface area contributed by atoms with Gasteiger partial charge in [-0.25, -0.2) is 13.8 Å². The average Bonchev–Trinajstić information content (AvgIpc) is 2.76. The molecule has 1 amide bonds. The van der Waals surface area contributed by atoms with Crippen LogP contribution < -0.4 is 5.43 Å². The SMILES string of the molecule is Cc1ccc(S(=O)(=O)N(CC(=O)N/N=C\c2ccccc2Br)Cc2ccc(Br)cc2)cc1. The molecule has 0 aromatic heterocycles. The van der Waals surface area contributed by atoms with Gasteiger partial charge < -0.3 is 0 Å². The second-order valence-corrected chi connectivity index (χ2v) is 10.7. The fourth-order valence-electron chi connectivity index (χ4n) is 2.83. The molecule has 0 saturated carbocycles. The van der Waals surface area contributed by atoms with E-state index in [0.29, 0.717) is 0 Å². The molecule has 0 aliphatic heterocycles. The maximum atomic E-state index is 13.3. The summed E-state index contributed by atoms with van der Waals surface area (Å²) in [5.74, 6) is -0.541. The van der Waals surface area contributed by atoms with E-state index in [1.165, 1.54) is 6.21 Å². The molecule has 0 aliphatic rings. The van der Waals surface area contributed by atoms with Gasteiger partial charge in [0.05, 0.1) is 17.7 Å². The Balaban J connectivity index is 1.80. The molecule has 3 aromatic carbocycles. The van der Waals surface area contributed by atoms with Crippen LogP contribution >= 0.6 is 31.9 Å². The van der Waals surface area contributed by atoms with E-state index in [0.717, 1.165) is 29.9 Å². The summed E-state index contributed by atoms with van der Waals surface area (Å²) in [5, 5.41) is 3.96. The summed E-state index contributed by atoms with van der Waals surface area (Å²) >= 11 is 6.78. The Morgan fingerprint density at radius 1 is 1.00 bits per heavy atom. The van der Waals surface area contributed by atoms with E-state index < -0.39 is 15.9 Å². The summed E-state index contributed by atoms with van der Waals surface area (Å²) in [6.07, 6.45) is 1.50. The molecule has 0 bridgehead atoms. The van der Waals surface area contributed by atoms with Crippen molar-refractivity contribution in [1.82, 2.24) is 9.73 Å². The van der Waals surface area contributed by atoms with Crippen molar-refractivity contribution >= 4 is 54.0 Å². The van der Waals surface area contributed by atoms with Gasteiger partial charge in [-0.15, -0.1) is 0 Å². The lowest BCUT2D eigenvalue weighted by molar-refractivity contribution is -0.121. The van der Waals surface area contributed by atoms with Crippen LogP contribution in [0.5, 0.6) is 0 Å². The van der Waals surface area contributed by atoms with Gasteiger partial charge >= 0.3 is 0 Å². The Bertz CT molecular complexity index is 1210. The first-order valence-electron chi connectivity index (χ1n) is 9.63. The lowest BCUT2D eigenvalue weighted by atomic mass is 10.2. The van der Waals surface area contributed by atoms with Crippen LogP contribution in [-0.2, 0) is 21.4 Å². The van der Waals surface area contributed by atoms with Crippen molar-refractivity contribution in [3.8, 4) is 0 Å². The Morgan fingerprint density at radius 2 is 1.66 bits per heavy atom. The van der Waals surface area contributed by atoms with Gasteiger partial charge in [0.25, 0.3) is 5.91 Å². The van der Waals surface area contributed by atoms with E-state index in [-0.39, 0.29) is 18.0 Å². The number of halogens is 2. The Labute approximate surface area is 204 Å². The highest BCUT2D eigenvalue weighted by Gasteiger charge is 2.27. The third-order valence-electron chi connectivity index (χ3n) is 4.55. The highest BCUT2D eigenvalue weighted by molar-refractivity contribution is 9.10. The molecule has 6 nitrogen and oxygen atoms in total. The number of hydrogen-bond donors (Lipinski definition) is 1. The van der Waals surface area contributed by atoms with E-state index >= 15 is 0 Å². The predicted molar refractivity (Wildman–Crippen MR) is 133 cm³/mol. The second-order valence-electron chi connectivity index (χ2n) is 7.03. The van der Waals surface area contributed by atoms with Crippen LogP contribution in [0, 0.1) is 6.92 Å². The Hall–Kier alpha value is -2.33. The van der Waals surface area contributed by atoms with Crippen molar-refractivity contribution in [3.63, 3.8) is 0 Å². The van der Waals surface area contributed by atoms with Crippen LogP contribution in [0.25, 0.3) is 0 Å². The molecule has 0 spiro atoms. The van der Waals surface area contributed by atoms with E-state index in [2.05, 4.69) is 42.4 Å². The summed E-state index contributed by atoms with van der Waals surface area (Å²) < 4.78 is 29.4. The molecule has 0 aliphatic carbocycles. The smallest absolute Gasteiger partial charge is 0.255 e. The van der Waals surface area contributed by atoms with Crippen molar-refractivity contribution in [2.45, 2.75) is 18.4 Å². The fourth-order valence-corrected chi connectivity index (χ4v) is 4.86. The highest BCUT2D eigenvalue weighted by Crippen LogP contribution is 2.20. The number of sulfonamides is 1. The molecule has 3 aromatic rings. The molecule has 0 heterocycles. The van der Waals surface area contributed by atoms with Gasteiger partial charge in [0.15, 0.2) is 0 Å². The summed E-state index contributed by atoms with van der Waals surface area (Å²) in [6, 6.07) is 21.2. The van der Waals surface area contributed by atoms with Gasteiger partial charge in [-0.3, -0.25) is 4.79 Å². The molecular weight excluding hydrogens is 558 g/mol. The normalized spacial score (nSPS) is 11.8. The first kappa shape index (κ1) is 24.3. The summed E-state index contributed by atoms with van der Waals surface area (Å²) in [7, 11) is -3.90. The zero-order chi connectivity index (χ0) is 23.1. The Morgan fingerprint density at radius 3 is 2.31 bits per heavy atom. The third-order valence-corrected chi connectivity index (χ3v) is 7.61. The standard InChI is InChI=1S/C23H21Br2N3O3S/c1-17-6-12-21(13-7-17)32(30,31)28(15-18-8-10-20(24)11-9-18)16-23(29)27-26-14-19-4-2-3-5-22(19)25/h2-14H,15-16H2,1H3,(H,27,29)/b26-14-. The van der Waals surface area contributed by atoms with Crippen molar-refractivity contribution in [1.29, 1.82) is 0 Å². The van der Waals surface area contributed by atoms with Gasteiger partial charge in [0, 0.05) is 21.1 Å². The lowest BCUT2D eigenvalue weighted by Gasteiger charge is -2.21. The van der Waals surface area contributed by atoms with Crippen LogP contribution in [0.15, 0.2) is 91.7 Å². The van der Waals surface area contributed by atoms with E-state index in [4.69, 9.17) is 0 Å². The number of carbonyl (C=O) groups is 1. The van der Waals surface area contributed by atoms with Crippen LogP contribution in [0.2, 0.25) is 0 Å². The minimum Gasteiger partial charge on any atom is -0.272 e. The summed E-state index contributed by atoms with van der Waals surface area (Å²) in [6.45, 7) is 1.55. The predicted octanol–water partition coefficient (Wildman–Crippen LogP) is 4.86. The average molecular weight is 579 g/mol. The zero-order valence-electron chi connectivity index (χ0n) is 17.2. The number of aryl methyl sites for hydroxylation is 1. The van der Waals surface area contributed by atoms with Crippen LogP contribution in [0.4, 0.5) is 0 Å². The molecule has 32 heavy (non-hydrogen) atoms. The maximum absolute atomic E-state index is 13.3. The minimum absolute atomic E-state index is 0.0465. The minimum atomic E-state index is -3.90.